The summed E-state index contributed by atoms with van der Waals surface area (Å²) in [5, 5.41) is 18.5. The third-order valence-electron chi connectivity index (χ3n) is 6.53. The number of pyridine rings is 2. The van der Waals surface area contributed by atoms with Crippen molar-refractivity contribution in [1.29, 1.82) is 0 Å². The number of H-pyrrole nitrogens is 2. The first kappa shape index (κ1) is 27.2. The van der Waals surface area contributed by atoms with Gasteiger partial charge in [-0.1, -0.05) is 48.5 Å². The van der Waals surface area contributed by atoms with Crippen LogP contribution in [0.2, 0.25) is 0 Å². The van der Waals surface area contributed by atoms with Gasteiger partial charge in [-0.15, -0.1) is 0 Å². The van der Waals surface area contributed by atoms with Crippen LogP contribution < -0.4 is 5.32 Å². The number of nitrogens with one attached hydrogen (secondary N) is 3. The zero-order valence-electron chi connectivity index (χ0n) is 22.6. The van der Waals surface area contributed by atoms with E-state index >= 15 is 0 Å². The van der Waals surface area contributed by atoms with E-state index in [4.69, 9.17) is 0 Å². The van der Waals surface area contributed by atoms with Crippen LogP contribution in [0.25, 0.3) is 21.8 Å². The number of rotatable bonds is 8. The topological polar surface area (TPSA) is 133 Å². The van der Waals surface area contributed by atoms with Gasteiger partial charge in [-0.3, -0.25) is 29.8 Å². The highest BCUT2D eigenvalue weighted by Crippen LogP contribution is 2.17. The minimum Gasteiger partial charge on any atom is -0.350 e. The van der Waals surface area contributed by atoms with E-state index < -0.39 is 0 Å². The first-order chi connectivity index (χ1) is 20.1. The molecular weight excluding hydrogens is 516 g/mol. The van der Waals surface area contributed by atoms with Crippen LogP contribution in [0.15, 0.2) is 97.3 Å². The zero-order valence-corrected chi connectivity index (χ0v) is 22.6. The number of hydrogen-bond acceptors (Lipinski definition) is 6. The van der Waals surface area contributed by atoms with E-state index in [1.54, 1.807) is 24.3 Å². The van der Waals surface area contributed by atoms with Crippen LogP contribution in [0.4, 0.5) is 0 Å². The molecule has 0 aliphatic carbocycles. The summed E-state index contributed by atoms with van der Waals surface area (Å²) in [4.78, 5) is 34.7. The molecule has 41 heavy (non-hydrogen) atoms. The molecule has 0 radical (unpaired) electrons. The number of benzene rings is 2. The second-order valence-electron chi connectivity index (χ2n) is 9.36. The highest BCUT2D eigenvalue weighted by molar-refractivity contribution is 6.05. The predicted octanol–water partition coefficient (Wildman–Crippen LogP) is 4.45. The van der Waals surface area contributed by atoms with E-state index in [0.29, 0.717) is 30.9 Å². The minimum atomic E-state index is -0.168. The molecule has 0 unspecified atom stereocenters. The van der Waals surface area contributed by atoms with Crippen LogP contribution >= 0.6 is 0 Å². The lowest BCUT2D eigenvalue weighted by molar-refractivity contribution is 0.0792. The number of aromatic amines is 2. The summed E-state index contributed by atoms with van der Waals surface area (Å²) in [6.45, 7) is 1.15. The summed E-state index contributed by atoms with van der Waals surface area (Å²) >= 11 is 0. The average molecular weight is 549 g/mol. The van der Waals surface area contributed by atoms with Crippen molar-refractivity contribution in [2.75, 3.05) is 20.1 Å². The van der Waals surface area contributed by atoms with Crippen molar-refractivity contribution in [2.45, 2.75) is 12.8 Å². The fourth-order valence-electron chi connectivity index (χ4n) is 4.31. The van der Waals surface area contributed by atoms with Crippen LogP contribution in [0.5, 0.6) is 0 Å². The second-order valence-corrected chi connectivity index (χ2v) is 9.36. The van der Waals surface area contributed by atoms with Crippen LogP contribution in [-0.4, -0.2) is 67.2 Å². The molecule has 6 aromatic rings. The first-order valence-electron chi connectivity index (χ1n) is 13.3. The van der Waals surface area contributed by atoms with Crippen LogP contribution in [0, 0.1) is 0 Å². The summed E-state index contributed by atoms with van der Waals surface area (Å²) in [5.41, 5.74) is 4.57. The van der Waals surface area contributed by atoms with Crippen molar-refractivity contribution >= 4 is 33.6 Å². The van der Waals surface area contributed by atoms with Crippen LogP contribution in [-0.2, 0) is 12.8 Å². The van der Waals surface area contributed by atoms with E-state index in [9.17, 15) is 9.59 Å². The van der Waals surface area contributed by atoms with Gasteiger partial charge in [0.1, 0.15) is 0 Å². The average Bonchev–Trinajstić information content (AvgIpc) is 3.66. The van der Waals surface area contributed by atoms with Gasteiger partial charge in [-0.2, -0.15) is 10.2 Å². The van der Waals surface area contributed by atoms with Crippen molar-refractivity contribution in [1.82, 2.24) is 40.6 Å². The van der Waals surface area contributed by atoms with Crippen molar-refractivity contribution in [3.8, 4) is 0 Å². The van der Waals surface area contributed by atoms with Gasteiger partial charge in [0, 0.05) is 69.0 Å². The smallest absolute Gasteiger partial charge is 0.274 e. The number of carbonyl (C=O) groups is 2. The molecule has 0 atom stereocenters. The zero-order chi connectivity index (χ0) is 28.4. The Morgan fingerprint density at radius 3 is 1.88 bits per heavy atom. The van der Waals surface area contributed by atoms with Crippen molar-refractivity contribution in [3.05, 3.63) is 120 Å². The van der Waals surface area contributed by atoms with Crippen molar-refractivity contribution in [3.63, 3.8) is 0 Å². The fourth-order valence-corrected chi connectivity index (χ4v) is 4.31. The molecular formula is C31H32N8O2. The molecule has 0 aliphatic heterocycles. The third kappa shape index (κ3) is 6.80. The number of amides is 2. The van der Waals surface area contributed by atoms with Gasteiger partial charge in [0.15, 0.2) is 11.4 Å². The lowest BCUT2D eigenvalue weighted by Gasteiger charge is -2.15. The Hall–Kier alpha value is -5.38. The first-order valence-corrected chi connectivity index (χ1v) is 13.3. The maximum absolute atomic E-state index is 12.5. The molecule has 2 amide bonds. The number of fused-ring (bicyclic) bond motifs is 2. The Balaban J connectivity index is 0.000000189. The standard InChI is InChI=1S/C16H16N4O.C15H14N4O.H2/c1-20(11-9-12-6-4-5-10-17-12)16(21)15-13-7-2-3-8-14(13)18-19-15;20-15(17-10-8-11-5-3-4-9-16-11)14-12-6-1-2-7-13(12)18-19-14;/h2-8,10H,9,11H2,1H3,(H,18,19);1-7,9H,8,10H2,(H,17,20)(H,18,19);1H. The Morgan fingerprint density at radius 1 is 0.732 bits per heavy atom. The molecule has 0 spiro atoms. The predicted molar refractivity (Wildman–Crippen MR) is 159 cm³/mol. The second kappa shape index (κ2) is 13.1. The number of carbonyl (C=O) groups excluding carboxylic acids is 2. The molecule has 6 rings (SSSR count). The lowest BCUT2D eigenvalue weighted by atomic mass is 10.2. The number of nitrogens with zero attached hydrogens (tertiary/aromatic N) is 5. The molecule has 10 nitrogen and oxygen atoms in total. The monoisotopic (exact) mass is 548 g/mol. The van der Waals surface area contributed by atoms with Crippen molar-refractivity contribution < 1.29 is 11.0 Å². The Kier molecular flexibility index (Phi) is 8.70. The summed E-state index contributed by atoms with van der Waals surface area (Å²) in [6.07, 6.45) is 4.94. The third-order valence-corrected chi connectivity index (χ3v) is 6.53. The van der Waals surface area contributed by atoms with E-state index in [-0.39, 0.29) is 13.2 Å². The SMILES string of the molecule is CN(CCc1ccccn1)C(=O)c1n[nH]c2ccccc12.O=C(NCCc1ccccn1)c1n[nH]c2ccccc12.[HH]. The van der Waals surface area contributed by atoms with Gasteiger partial charge in [0.05, 0.1) is 11.0 Å². The molecule has 3 N–H and O–H groups in total. The molecule has 0 fully saturated rings. The number of likely N-dealkylation sites (N-methyl/N-ethyl adjacent to an activating group) is 1. The van der Waals surface area contributed by atoms with E-state index in [2.05, 4.69) is 35.7 Å². The number of hydrogen-bond donors (Lipinski definition) is 3. The van der Waals surface area contributed by atoms with Crippen LogP contribution in [0.3, 0.4) is 0 Å². The van der Waals surface area contributed by atoms with Gasteiger partial charge >= 0.3 is 0 Å². The van der Waals surface area contributed by atoms with Gasteiger partial charge in [0.2, 0.25) is 0 Å². The molecule has 0 bridgehead atoms. The molecule has 2 aromatic carbocycles. The maximum Gasteiger partial charge on any atom is 0.274 e. The minimum absolute atomic E-state index is 0. The quantitative estimate of drug-likeness (QED) is 0.257. The molecule has 4 heterocycles. The van der Waals surface area contributed by atoms with Gasteiger partial charge < -0.3 is 10.2 Å². The maximum atomic E-state index is 12.5. The molecule has 0 aliphatic rings. The molecule has 10 heteroatoms. The molecule has 0 saturated heterocycles. The highest BCUT2D eigenvalue weighted by atomic mass is 16.2. The summed E-state index contributed by atoms with van der Waals surface area (Å²) < 4.78 is 0. The summed E-state index contributed by atoms with van der Waals surface area (Å²) in [7, 11) is 1.79. The largest absolute Gasteiger partial charge is 0.350 e. The summed E-state index contributed by atoms with van der Waals surface area (Å²) in [5.74, 6) is -0.248. The van der Waals surface area contributed by atoms with Gasteiger partial charge in [-0.05, 0) is 36.4 Å². The van der Waals surface area contributed by atoms with E-state index in [0.717, 1.165) is 39.6 Å². The summed E-state index contributed by atoms with van der Waals surface area (Å²) in [6, 6.07) is 26.8. The molecule has 4 aromatic heterocycles. The van der Waals surface area contributed by atoms with Crippen LogP contribution in [0.1, 0.15) is 33.8 Å². The Morgan fingerprint density at radius 2 is 1.27 bits per heavy atom. The Labute approximate surface area is 238 Å². The highest BCUT2D eigenvalue weighted by Gasteiger charge is 2.18. The lowest BCUT2D eigenvalue weighted by Crippen LogP contribution is -2.29. The number of aromatic nitrogens is 6. The fraction of sp³-hybridized carbons (Fsp3) is 0.161. The molecule has 0 saturated carbocycles. The number of para-hydroxylation sites is 2. The van der Waals surface area contributed by atoms with Crippen molar-refractivity contribution in [2.24, 2.45) is 0 Å². The molecule has 208 valence electrons. The van der Waals surface area contributed by atoms with E-state index in [1.807, 2.05) is 84.9 Å². The Bertz CT molecular complexity index is 1740. The van der Waals surface area contributed by atoms with E-state index in [1.165, 1.54) is 0 Å². The van der Waals surface area contributed by atoms with Gasteiger partial charge in [0.25, 0.3) is 11.8 Å². The van der Waals surface area contributed by atoms with Gasteiger partial charge in [-0.25, -0.2) is 0 Å². The normalized spacial score (nSPS) is 10.7.